The fraction of sp³-hybridized carbons (Fsp3) is 0.226. The number of sulfonamides is 1. The summed E-state index contributed by atoms with van der Waals surface area (Å²) in [6.07, 6.45) is 5.01. The number of hydrogen-bond donors (Lipinski definition) is 1. The summed E-state index contributed by atoms with van der Waals surface area (Å²) < 4.78 is 42.0. The maximum absolute atomic E-state index is 14.8. The van der Waals surface area contributed by atoms with E-state index in [2.05, 4.69) is 15.2 Å². The molecule has 1 N–H and O–H groups in total. The third kappa shape index (κ3) is 7.10. The standard InChI is InChI=1S/C31H29Cl2FN4O3S/c1-42(40,41)38(28-17-24(16-27(34)18-28)31(39)36-15-12-21-10-13-35-14-11-21)29-19-37(20-29)30(22-2-6-25(32)7-3-22)23-4-8-26(33)9-5-23/h2-11,13-14,16-18,29-30H,12,15,19-20H2,1H3,(H,36,39). The van der Waals surface area contributed by atoms with Gasteiger partial charge in [0.1, 0.15) is 5.82 Å². The number of nitrogens with zero attached hydrogens (tertiary/aromatic N) is 3. The lowest BCUT2D eigenvalue weighted by molar-refractivity contribution is 0.0953. The van der Waals surface area contributed by atoms with Gasteiger partial charge in [0.05, 0.1) is 24.0 Å². The average molecular weight is 628 g/mol. The first-order valence-corrected chi connectivity index (χ1v) is 15.9. The van der Waals surface area contributed by atoms with E-state index in [0.29, 0.717) is 36.1 Å². The van der Waals surface area contributed by atoms with Crippen LogP contribution in [0.5, 0.6) is 0 Å². The highest BCUT2D eigenvalue weighted by molar-refractivity contribution is 7.92. The monoisotopic (exact) mass is 626 g/mol. The number of likely N-dealkylation sites (tertiary alicyclic amines) is 1. The highest BCUT2D eigenvalue weighted by Crippen LogP contribution is 2.37. The molecule has 4 aromatic rings. The van der Waals surface area contributed by atoms with E-state index in [1.165, 1.54) is 10.4 Å². The number of hydrogen-bond acceptors (Lipinski definition) is 5. The molecule has 0 atom stereocenters. The zero-order valence-corrected chi connectivity index (χ0v) is 25.1. The molecular formula is C31H29Cl2FN4O3S. The third-order valence-electron chi connectivity index (χ3n) is 7.16. The number of pyridine rings is 1. The van der Waals surface area contributed by atoms with Gasteiger partial charge in [-0.15, -0.1) is 0 Å². The molecule has 1 amide bonds. The number of nitrogens with one attached hydrogen (secondary N) is 1. The molecule has 42 heavy (non-hydrogen) atoms. The van der Waals surface area contributed by atoms with E-state index in [1.807, 2.05) is 60.7 Å². The molecule has 1 aliphatic heterocycles. The fourth-order valence-electron chi connectivity index (χ4n) is 5.23. The molecule has 3 aromatic carbocycles. The number of aromatic nitrogens is 1. The molecule has 0 saturated carbocycles. The smallest absolute Gasteiger partial charge is 0.251 e. The van der Waals surface area contributed by atoms with Crippen molar-refractivity contribution in [2.24, 2.45) is 0 Å². The lowest BCUT2D eigenvalue weighted by atomic mass is 9.93. The summed E-state index contributed by atoms with van der Waals surface area (Å²) in [5.41, 5.74) is 3.13. The molecule has 0 bridgehead atoms. The van der Waals surface area contributed by atoms with Crippen LogP contribution in [0.1, 0.15) is 33.1 Å². The van der Waals surface area contributed by atoms with Crippen molar-refractivity contribution in [2.75, 3.05) is 30.2 Å². The number of halogens is 3. The minimum Gasteiger partial charge on any atom is -0.352 e. The lowest BCUT2D eigenvalue weighted by Crippen LogP contribution is -2.61. The van der Waals surface area contributed by atoms with Gasteiger partial charge in [-0.1, -0.05) is 47.5 Å². The molecule has 218 valence electrons. The minimum absolute atomic E-state index is 0.0461. The van der Waals surface area contributed by atoms with Crippen LogP contribution in [0.2, 0.25) is 10.0 Å². The van der Waals surface area contributed by atoms with Crippen LogP contribution in [-0.2, 0) is 16.4 Å². The number of rotatable bonds is 10. The summed E-state index contributed by atoms with van der Waals surface area (Å²) in [5, 5.41) is 4.01. The van der Waals surface area contributed by atoms with Crippen molar-refractivity contribution >= 4 is 44.8 Å². The van der Waals surface area contributed by atoms with E-state index < -0.39 is 27.8 Å². The van der Waals surface area contributed by atoms with Crippen LogP contribution in [0, 0.1) is 5.82 Å². The molecular weight excluding hydrogens is 598 g/mol. The van der Waals surface area contributed by atoms with Gasteiger partial charge in [0.25, 0.3) is 5.91 Å². The SMILES string of the molecule is CS(=O)(=O)N(c1cc(F)cc(C(=O)NCCc2ccncc2)c1)C1CN(C(c2ccc(Cl)cc2)c2ccc(Cl)cc2)C1. The summed E-state index contributed by atoms with van der Waals surface area (Å²) in [4.78, 5) is 19.0. The number of benzene rings is 3. The molecule has 1 fully saturated rings. The predicted octanol–water partition coefficient (Wildman–Crippen LogP) is 5.74. The summed E-state index contributed by atoms with van der Waals surface area (Å²) in [6, 6.07) is 21.8. The van der Waals surface area contributed by atoms with Gasteiger partial charge < -0.3 is 5.32 Å². The Hall–Kier alpha value is -3.50. The molecule has 1 aliphatic rings. The summed E-state index contributed by atoms with van der Waals surface area (Å²) >= 11 is 12.3. The second kappa shape index (κ2) is 12.8. The van der Waals surface area contributed by atoms with Crippen molar-refractivity contribution in [3.05, 3.63) is 129 Å². The van der Waals surface area contributed by atoms with Gasteiger partial charge in [-0.25, -0.2) is 12.8 Å². The molecule has 2 heterocycles. The molecule has 5 rings (SSSR count). The first kappa shape index (κ1) is 30.0. The van der Waals surface area contributed by atoms with Crippen LogP contribution < -0.4 is 9.62 Å². The molecule has 0 spiro atoms. The Kier molecular flexibility index (Phi) is 9.13. The second-order valence-corrected chi connectivity index (χ2v) is 13.0. The summed E-state index contributed by atoms with van der Waals surface area (Å²) in [6.45, 7) is 1.10. The molecule has 11 heteroatoms. The minimum atomic E-state index is -3.81. The van der Waals surface area contributed by atoms with Gasteiger partial charge in [-0.3, -0.25) is 19.0 Å². The molecule has 7 nitrogen and oxygen atoms in total. The van der Waals surface area contributed by atoms with Crippen molar-refractivity contribution in [2.45, 2.75) is 18.5 Å². The Balaban J connectivity index is 1.35. The highest BCUT2D eigenvalue weighted by atomic mass is 35.5. The first-order chi connectivity index (χ1) is 20.1. The molecule has 0 aliphatic carbocycles. The van der Waals surface area contributed by atoms with Crippen molar-refractivity contribution < 1.29 is 17.6 Å². The zero-order valence-electron chi connectivity index (χ0n) is 22.8. The molecule has 1 saturated heterocycles. The third-order valence-corrected chi connectivity index (χ3v) is 8.89. The van der Waals surface area contributed by atoms with E-state index in [4.69, 9.17) is 23.2 Å². The van der Waals surface area contributed by atoms with Crippen LogP contribution in [0.25, 0.3) is 0 Å². The Morgan fingerprint density at radius 3 is 2.10 bits per heavy atom. The van der Waals surface area contributed by atoms with Gasteiger partial charge in [-0.05, 0) is 77.7 Å². The van der Waals surface area contributed by atoms with E-state index in [0.717, 1.165) is 35.1 Å². The van der Waals surface area contributed by atoms with E-state index >= 15 is 0 Å². The summed E-state index contributed by atoms with van der Waals surface area (Å²) in [5.74, 6) is -1.18. The number of carbonyl (C=O) groups is 1. The summed E-state index contributed by atoms with van der Waals surface area (Å²) in [7, 11) is -3.81. The topological polar surface area (TPSA) is 82.6 Å². The maximum atomic E-state index is 14.8. The normalized spacial score (nSPS) is 14.0. The van der Waals surface area contributed by atoms with Gasteiger partial charge in [0.2, 0.25) is 10.0 Å². The van der Waals surface area contributed by atoms with Crippen molar-refractivity contribution in [1.82, 2.24) is 15.2 Å². The largest absolute Gasteiger partial charge is 0.352 e. The van der Waals surface area contributed by atoms with Crippen LogP contribution in [0.4, 0.5) is 10.1 Å². The van der Waals surface area contributed by atoms with Crippen molar-refractivity contribution in [3.63, 3.8) is 0 Å². The van der Waals surface area contributed by atoms with Crippen LogP contribution >= 0.6 is 23.2 Å². The Morgan fingerprint density at radius 1 is 0.976 bits per heavy atom. The van der Waals surface area contributed by atoms with Crippen LogP contribution in [0.3, 0.4) is 0 Å². The molecule has 0 radical (unpaired) electrons. The van der Waals surface area contributed by atoms with Crippen LogP contribution in [-0.4, -0.2) is 56.1 Å². The van der Waals surface area contributed by atoms with Crippen LogP contribution in [0.15, 0.2) is 91.3 Å². The van der Waals surface area contributed by atoms with Gasteiger partial charge in [0, 0.05) is 47.6 Å². The molecule has 0 unspecified atom stereocenters. The quantitative estimate of drug-likeness (QED) is 0.243. The average Bonchev–Trinajstić information content (AvgIpc) is 2.93. The van der Waals surface area contributed by atoms with Crippen molar-refractivity contribution in [3.8, 4) is 0 Å². The Bertz CT molecular complexity index is 1600. The number of amides is 1. The highest BCUT2D eigenvalue weighted by Gasteiger charge is 2.41. The van der Waals surface area contributed by atoms with Gasteiger partial charge in [-0.2, -0.15) is 0 Å². The number of anilines is 1. The second-order valence-electron chi connectivity index (χ2n) is 10.2. The zero-order chi connectivity index (χ0) is 29.9. The Labute approximate surface area is 254 Å². The van der Waals surface area contributed by atoms with Gasteiger partial charge >= 0.3 is 0 Å². The predicted molar refractivity (Wildman–Crippen MR) is 164 cm³/mol. The van der Waals surface area contributed by atoms with Crippen molar-refractivity contribution in [1.29, 1.82) is 0 Å². The lowest BCUT2D eigenvalue weighted by Gasteiger charge is -2.48. The first-order valence-electron chi connectivity index (χ1n) is 13.3. The van der Waals surface area contributed by atoms with E-state index in [-0.39, 0.29) is 17.3 Å². The molecule has 1 aromatic heterocycles. The number of carbonyl (C=O) groups excluding carboxylic acids is 1. The van der Waals surface area contributed by atoms with E-state index in [9.17, 15) is 17.6 Å². The van der Waals surface area contributed by atoms with E-state index in [1.54, 1.807) is 12.4 Å². The fourth-order valence-corrected chi connectivity index (χ4v) is 6.64. The Morgan fingerprint density at radius 2 is 1.55 bits per heavy atom. The van der Waals surface area contributed by atoms with Gasteiger partial charge in [0.15, 0.2) is 0 Å². The maximum Gasteiger partial charge on any atom is 0.251 e.